The Morgan fingerprint density at radius 2 is 1.33 bits per heavy atom. The number of carbonyl (C=O) groups is 1. The Hall–Kier alpha value is -0.0000000000000000555. The lowest BCUT2D eigenvalue weighted by molar-refractivity contribution is -0.117. The number of Topliss-reactive ketones (excluding diaryl/α,β-unsaturated/α-hetero) is 1. The molecule has 1 atom stereocenters. The van der Waals surface area contributed by atoms with Gasteiger partial charge in [0.15, 0.2) is 0 Å². The van der Waals surface area contributed by atoms with Crippen molar-refractivity contribution in [2.45, 2.75) is 71.1 Å². The standard InChI is InChI=1S/C13H26O3S2/c1-13(14)11-9-7-5-3-2-4-6-8-10-12-18(15,16)17/h2-12H2,1H3,(H,15,16,17). The molecule has 0 saturated carbocycles. The molecule has 0 aliphatic carbocycles. The lowest BCUT2D eigenvalue weighted by Gasteiger charge is -2.02. The maximum absolute atomic E-state index is 10.8. The summed E-state index contributed by atoms with van der Waals surface area (Å²) in [5, 5.41) is 0. The number of carbonyl (C=O) groups excluding carboxylic acids is 1. The molecule has 0 spiro atoms. The van der Waals surface area contributed by atoms with Crippen LogP contribution in [0.25, 0.3) is 0 Å². The van der Waals surface area contributed by atoms with E-state index in [1.807, 2.05) is 0 Å². The predicted molar refractivity (Wildman–Crippen MR) is 79.9 cm³/mol. The summed E-state index contributed by atoms with van der Waals surface area (Å²) in [6.45, 7) is 1.65. The maximum atomic E-state index is 10.8. The first-order valence-corrected chi connectivity index (χ1v) is 9.47. The first kappa shape index (κ1) is 18.0. The average Bonchev–Trinajstić information content (AvgIpc) is 2.24. The van der Waals surface area contributed by atoms with Crippen molar-refractivity contribution >= 4 is 25.7 Å². The van der Waals surface area contributed by atoms with E-state index in [-0.39, 0.29) is 11.5 Å². The van der Waals surface area contributed by atoms with Crippen LogP contribution in [0.2, 0.25) is 0 Å². The van der Waals surface area contributed by atoms with E-state index in [4.69, 9.17) is 4.55 Å². The lowest BCUT2D eigenvalue weighted by atomic mass is 10.1. The fraction of sp³-hybridized carbons (Fsp3) is 0.923. The smallest absolute Gasteiger partial charge is 0.141 e. The van der Waals surface area contributed by atoms with Crippen LogP contribution in [-0.4, -0.2) is 20.3 Å². The third-order valence-electron chi connectivity index (χ3n) is 2.93. The molecule has 0 amide bonds. The van der Waals surface area contributed by atoms with Gasteiger partial charge in [-0.3, -0.25) is 0 Å². The number of hydrogen-bond acceptors (Lipinski definition) is 3. The van der Waals surface area contributed by atoms with Crippen LogP contribution in [0.1, 0.15) is 71.1 Å². The van der Waals surface area contributed by atoms with Crippen molar-refractivity contribution in [1.82, 2.24) is 0 Å². The third-order valence-corrected chi connectivity index (χ3v) is 4.24. The molecule has 0 bridgehead atoms. The van der Waals surface area contributed by atoms with Crippen LogP contribution in [0.15, 0.2) is 0 Å². The van der Waals surface area contributed by atoms with Gasteiger partial charge in [0.2, 0.25) is 0 Å². The molecule has 1 unspecified atom stereocenters. The van der Waals surface area contributed by atoms with E-state index in [1.54, 1.807) is 6.92 Å². The van der Waals surface area contributed by atoms with Gasteiger partial charge >= 0.3 is 0 Å². The number of rotatable bonds is 12. The Balaban J connectivity index is 3.10. The normalized spacial score (nSPS) is 14.3. The van der Waals surface area contributed by atoms with Crippen LogP contribution in [0.5, 0.6) is 0 Å². The van der Waals surface area contributed by atoms with Crippen molar-refractivity contribution in [2.75, 3.05) is 5.75 Å². The van der Waals surface area contributed by atoms with Crippen LogP contribution >= 0.6 is 0 Å². The zero-order valence-corrected chi connectivity index (χ0v) is 13.0. The summed E-state index contributed by atoms with van der Waals surface area (Å²) in [6, 6.07) is 0. The highest BCUT2D eigenvalue weighted by Crippen LogP contribution is 2.11. The van der Waals surface area contributed by atoms with Gasteiger partial charge in [-0.1, -0.05) is 44.9 Å². The van der Waals surface area contributed by atoms with Crippen LogP contribution in [0.4, 0.5) is 0 Å². The van der Waals surface area contributed by atoms with E-state index in [2.05, 4.69) is 11.2 Å². The van der Waals surface area contributed by atoms with Crippen molar-refractivity contribution in [1.29, 1.82) is 0 Å². The highest BCUT2D eigenvalue weighted by molar-refractivity contribution is 8.29. The van der Waals surface area contributed by atoms with Gasteiger partial charge < -0.3 is 9.35 Å². The summed E-state index contributed by atoms with van der Waals surface area (Å²) in [5.74, 6) is 0.546. The van der Waals surface area contributed by atoms with Crippen molar-refractivity contribution in [2.24, 2.45) is 0 Å². The maximum Gasteiger partial charge on any atom is 0.141 e. The number of hydrogen-bond donors (Lipinski definition) is 1. The quantitative estimate of drug-likeness (QED) is 0.558. The van der Waals surface area contributed by atoms with E-state index >= 15 is 0 Å². The molecular formula is C13H26O3S2. The van der Waals surface area contributed by atoms with Gasteiger partial charge in [-0.15, -0.1) is 0 Å². The molecule has 5 heteroatoms. The fourth-order valence-electron chi connectivity index (χ4n) is 1.90. The second kappa shape index (κ2) is 10.9. The minimum atomic E-state index is -2.93. The van der Waals surface area contributed by atoms with Crippen LogP contribution in [0.3, 0.4) is 0 Å². The molecule has 0 aliphatic heterocycles. The van der Waals surface area contributed by atoms with Crippen molar-refractivity contribution in [3.05, 3.63) is 0 Å². The molecule has 108 valence electrons. The van der Waals surface area contributed by atoms with Gasteiger partial charge in [0.25, 0.3) is 0 Å². The Labute approximate surface area is 116 Å². The summed E-state index contributed by atoms with van der Waals surface area (Å²) in [5.41, 5.74) is 0. The Morgan fingerprint density at radius 3 is 1.72 bits per heavy atom. The molecule has 0 saturated heterocycles. The van der Waals surface area contributed by atoms with E-state index in [0.717, 1.165) is 38.5 Å². The molecule has 0 aromatic rings. The molecule has 0 aromatic heterocycles. The molecule has 3 nitrogen and oxygen atoms in total. The van der Waals surface area contributed by atoms with Gasteiger partial charge in [0.1, 0.15) is 14.6 Å². The zero-order chi connectivity index (χ0) is 13.9. The molecule has 0 radical (unpaired) electrons. The summed E-state index contributed by atoms with van der Waals surface area (Å²) in [7, 11) is -2.93. The molecule has 0 rings (SSSR count). The number of ketones is 1. The Kier molecular flexibility index (Phi) is 10.9. The fourth-order valence-corrected chi connectivity index (χ4v) is 2.82. The molecule has 0 heterocycles. The minimum absolute atomic E-state index is 0.257. The highest BCUT2D eigenvalue weighted by Gasteiger charge is 1.99. The van der Waals surface area contributed by atoms with Gasteiger partial charge in [-0.2, -0.15) is 0 Å². The summed E-state index contributed by atoms with van der Waals surface area (Å²) in [4.78, 5) is 10.7. The SMILES string of the molecule is CC(=O)CCCCCCCCCCCS(=O)(O)=S. The van der Waals surface area contributed by atoms with Gasteiger partial charge in [-0.05, 0) is 19.8 Å². The Morgan fingerprint density at radius 1 is 0.944 bits per heavy atom. The van der Waals surface area contributed by atoms with Crippen molar-refractivity contribution in [3.63, 3.8) is 0 Å². The van der Waals surface area contributed by atoms with Gasteiger partial charge in [0, 0.05) is 23.4 Å². The van der Waals surface area contributed by atoms with Crippen LogP contribution in [0, 0.1) is 0 Å². The topological polar surface area (TPSA) is 54.4 Å². The average molecular weight is 294 g/mol. The second-order valence-electron chi connectivity index (χ2n) is 4.92. The highest BCUT2D eigenvalue weighted by atomic mass is 32.8. The van der Waals surface area contributed by atoms with E-state index in [1.165, 1.54) is 25.7 Å². The molecule has 0 aliphatic rings. The first-order chi connectivity index (χ1) is 8.42. The molecule has 0 aromatic carbocycles. The van der Waals surface area contributed by atoms with Gasteiger partial charge in [0.05, 0.1) is 0 Å². The molecule has 0 fully saturated rings. The Bertz CT molecular complexity index is 310. The van der Waals surface area contributed by atoms with Crippen molar-refractivity contribution in [3.8, 4) is 0 Å². The van der Waals surface area contributed by atoms with Crippen LogP contribution < -0.4 is 0 Å². The van der Waals surface area contributed by atoms with E-state index < -0.39 is 8.77 Å². The second-order valence-corrected chi connectivity index (χ2v) is 8.05. The largest absolute Gasteiger partial charge is 0.306 e. The van der Waals surface area contributed by atoms with E-state index in [9.17, 15) is 9.00 Å². The summed E-state index contributed by atoms with van der Waals surface area (Å²) in [6.07, 6.45) is 10.6. The summed E-state index contributed by atoms with van der Waals surface area (Å²) >= 11 is 4.42. The van der Waals surface area contributed by atoms with Gasteiger partial charge in [-0.25, -0.2) is 4.21 Å². The monoisotopic (exact) mass is 294 g/mol. The third kappa shape index (κ3) is 16.0. The minimum Gasteiger partial charge on any atom is -0.306 e. The first-order valence-electron chi connectivity index (χ1n) is 6.86. The number of unbranched alkanes of at least 4 members (excludes halogenated alkanes) is 8. The molecule has 18 heavy (non-hydrogen) atoms. The lowest BCUT2D eigenvalue weighted by Crippen LogP contribution is -2.01. The molecule has 1 N–H and O–H groups in total. The predicted octanol–water partition coefficient (Wildman–Crippen LogP) is 3.70. The van der Waals surface area contributed by atoms with Crippen molar-refractivity contribution < 1.29 is 13.6 Å². The van der Waals surface area contributed by atoms with Crippen LogP contribution in [-0.2, 0) is 24.8 Å². The molecular weight excluding hydrogens is 268 g/mol. The zero-order valence-electron chi connectivity index (χ0n) is 11.4. The van der Waals surface area contributed by atoms with E-state index in [0.29, 0.717) is 0 Å². The summed E-state index contributed by atoms with van der Waals surface area (Å²) < 4.78 is 19.7.